The Morgan fingerprint density at radius 1 is 0.794 bits per heavy atom. The first kappa shape index (κ1) is 23.0. The molecule has 0 fully saturated rings. The number of anilines is 2. The van der Waals surface area contributed by atoms with Gasteiger partial charge in [-0.1, -0.05) is 54.6 Å². The maximum atomic E-state index is 13.8. The smallest absolute Gasteiger partial charge is 0.325 e. The van der Waals surface area contributed by atoms with Crippen molar-refractivity contribution < 1.29 is 27.2 Å². The van der Waals surface area contributed by atoms with E-state index in [0.717, 1.165) is 22.9 Å². The zero-order valence-corrected chi connectivity index (χ0v) is 17.6. The second kappa shape index (κ2) is 9.35. The third-order valence-corrected chi connectivity index (χ3v) is 5.21. The summed E-state index contributed by atoms with van der Waals surface area (Å²) in [7, 11) is 0. The number of hydrogen-bond donors (Lipinski definition) is 2. The van der Waals surface area contributed by atoms with E-state index in [9.17, 15) is 27.2 Å². The quantitative estimate of drug-likeness (QED) is 0.333. The Labute approximate surface area is 192 Å². The first-order valence-electron chi connectivity index (χ1n) is 10.3. The molecule has 4 aromatic carbocycles. The van der Waals surface area contributed by atoms with Crippen LogP contribution in [0.5, 0.6) is 0 Å². The van der Waals surface area contributed by atoms with E-state index < -0.39 is 35.1 Å². The minimum absolute atomic E-state index is 0.121. The molecule has 0 atom stereocenters. The van der Waals surface area contributed by atoms with E-state index >= 15 is 0 Å². The summed E-state index contributed by atoms with van der Waals surface area (Å²) in [6.07, 6.45) is -4.93. The van der Waals surface area contributed by atoms with Crippen molar-refractivity contribution in [3.8, 4) is 0 Å². The zero-order valence-electron chi connectivity index (χ0n) is 17.6. The average Bonchev–Trinajstić information content (AvgIpc) is 2.80. The molecule has 34 heavy (non-hydrogen) atoms. The van der Waals surface area contributed by atoms with Crippen LogP contribution in [0.1, 0.15) is 21.5 Å². The third kappa shape index (κ3) is 5.06. The van der Waals surface area contributed by atoms with Crippen molar-refractivity contribution >= 4 is 34.0 Å². The summed E-state index contributed by atoms with van der Waals surface area (Å²) in [4.78, 5) is 24.9. The lowest BCUT2D eigenvalue weighted by Gasteiger charge is -2.16. The average molecular weight is 466 g/mol. The van der Waals surface area contributed by atoms with E-state index in [2.05, 4.69) is 10.6 Å². The Morgan fingerprint density at radius 2 is 1.50 bits per heavy atom. The monoisotopic (exact) mass is 466 g/mol. The minimum Gasteiger partial charge on any atom is -0.325 e. The van der Waals surface area contributed by atoms with Gasteiger partial charge in [0.15, 0.2) is 0 Å². The van der Waals surface area contributed by atoms with Gasteiger partial charge in [0.1, 0.15) is 5.82 Å². The van der Waals surface area contributed by atoms with E-state index in [1.165, 1.54) is 24.3 Å². The Bertz CT molecular complexity index is 1380. The van der Waals surface area contributed by atoms with E-state index in [0.29, 0.717) is 11.6 Å². The van der Waals surface area contributed by atoms with Gasteiger partial charge in [-0.05, 0) is 46.7 Å². The molecule has 0 radical (unpaired) electrons. The van der Waals surface area contributed by atoms with Crippen LogP contribution in [0.3, 0.4) is 0 Å². The minimum atomic E-state index is -4.80. The summed E-state index contributed by atoms with van der Waals surface area (Å²) in [5.41, 5.74) is -1.39. The molecule has 4 aromatic rings. The fraction of sp³-hybridized carbons (Fsp3) is 0.0769. The number of nitrogens with one attached hydrogen (secondary N) is 2. The molecular weight excluding hydrogens is 448 g/mol. The van der Waals surface area contributed by atoms with Crippen molar-refractivity contribution in [3.63, 3.8) is 0 Å². The number of carbonyl (C=O) groups is 2. The maximum absolute atomic E-state index is 13.8. The first-order valence-corrected chi connectivity index (χ1v) is 10.3. The van der Waals surface area contributed by atoms with Crippen molar-refractivity contribution in [1.82, 2.24) is 0 Å². The van der Waals surface area contributed by atoms with Crippen LogP contribution in [0.4, 0.5) is 28.9 Å². The van der Waals surface area contributed by atoms with Crippen molar-refractivity contribution in [2.24, 2.45) is 0 Å². The molecule has 4 rings (SSSR count). The molecule has 2 N–H and O–H groups in total. The molecule has 0 aliphatic carbocycles. The Morgan fingerprint density at radius 3 is 2.26 bits per heavy atom. The predicted molar refractivity (Wildman–Crippen MR) is 122 cm³/mol. The number of alkyl halides is 3. The van der Waals surface area contributed by atoms with Crippen molar-refractivity contribution in [1.29, 1.82) is 0 Å². The Balaban J connectivity index is 1.56. The van der Waals surface area contributed by atoms with Crippen LogP contribution in [0.2, 0.25) is 0 Å². The SMILES string of the molecule is O=C(Cc1cccc2ccccc12)Nc1ccc(NC(=O)c2ccccc2F)cc1C(F)(F)F. The molecule has 0 spiro atoms. The van der Waals surface area contributed by atoms with Gasteiger partial charge >= 0.3 is 6.18 Å². The second-order valence-electron chi connectivity index (χ2n) is 7.56. The van der Waals surface area contributed by atoms with Gasteiger partial charge in [-0.2, -0.15) is 13.2 Å². The highest BCUT2D eigenvalue weighted by Crippen LogP contribution is 2.37. The molecule has 4 nitrogen and oxygen atoms in total. The number of fused-ring (bicyclic) bond motifs is 1. The summed E-state index contributed by atoms with van der Waals surface area (Å²) >= 11 is 0. The Hall–Kier alpha value is -4.20. The van der Waals surface area contributed by atoms with Crippen LogP contribution < -0.4 is 10.6 Å². The molecule has 172 valence electrons. The van der Waals surface area contributed by atoms with Crippen molar-refractivity contribution in [2.75, 3.05) is 10.6 Å². The van der Waals surface area contributed by atoms with Crippen LogP contribution >= 0.6 is 0 Å². The van der Waals surface area contributed by atoms with Crippen LogP contribution in [0.15, 0.2) is 84.9 Å². The molecule has 0 aliphatic rings. The van der Waals surface area contributed by atoms with Gasteiger partial charge in [0, 0.05) is 5.69 Å². The predicted octanol–water partition coefficient (Wildman–Crippen LogP) is 6.43. The van der Waals surface area contributed by atoms with Gasteiger partial charge in [-0.3, -0.25) is 9.59 Å². The molecule has 0 unspecified atom stereocenters. The molecule has 0 aromatic heterocycles. The van der Waals surface area contributed by atoms with E-state index in [1.807, 2.05) is 30.3 Å². The van der Waals surface area contributed by atoms with Gasteiger partial charge in [0.05, 0.1) is 23.2 Å². The number of rotatable bonds is 5. The fourth-order valence-corrected chi connectivity index (χ4v) is 3.62. The summed E-state index contributed by atoms with van der Waals surface area (Å²) in [5, 5.41) is 6.33. The highest BCUT2D eigenvalue weighted by atomic mass is 19.4. The van der Waals surface area contributed by atoms with Gasteiger partial charge in [0.25, 0.3) is 5.91 Å². The lowest BCUT2D eigenvalue weighted by atomic mass is 10.0. The highest BCUT2D eigenvalue weighted by molar-refractivity contribution is 6.05. The number of hydrogen-bond acceptors (Lipinski definition) is 2. The summed E-state index contributed by atoms with van der Waals surface area (Å²) < 4.78 is 55.0. The fourth-order valence-electron chi connectivity index (χ4n) is 3.62. The van der Waals surface area contributed by atoms with Gasteiger partial charge in [-0.25, -0.2) is 4.39 Å². The van der Waals surface area contributed by atoms with Crippen molar-refractivity contribution in [2.45, 2.75) is 12.6 Å². The number of benzene rings is 4. The molecule has 0 aliphatic heterocycles. The normalized spacial score (nSPS) is 11.3. The van der Waals surface area contributed by atoms with Crippen LogP contribution in [-0.2, 0) is 17.4 Å². The third-order valence-electron chi connectivity index (χ3n) is 5.21. The lowest BCUT2D eigenvalue weighted by molar-refractivity contribution is -0.136. The van der Waals surface area contributed by atoms with Gasteiger partial charge < -0.3 is 10.6 Å². The molecule has 8 heteroatoms. The number of halogens is 4. The molecule has 0 saturated carbocycles. The zero-order chi connectivity index (χ0) is 24.3. The number of carbonyl (C=O) groups excluding carboxylic acids is 2. The van der Waals surface area contributed by atoms with Crippen LogP contribution in [0, 0.1) is 5.82 Å². The van der Waals surface area contributed by atoms with Gasteiger partial charge in [-0.15, -0.1) is 0 Å². The number of amides is 2. The topological polar surface area (TPSA) is 58.2 Å². The molecule has 2 amide bonds. The van der Waals surface area contributed by atoms with Crippen LogP contribution in [-0.4, -0.2) is 11.8 Å². The molecular formula is C26H18F4N2O2. The van der Waals surface area contributed by atoms with E-state index in [-0.39, 0.29) is 17.7 Å². The standard InChI is InChI=1S/C26H18F4N2O2/c27-22-11-4-3-10-20(22)25(34)31-18-12-13-23(21(15-18)26(28,29)30)32-24(33)14-17-8-5-7-16-6-1-2-9-19(16)17/h1-13,15H,14H2,(H,31,34)(H,32,33). The van der Waals surface area contributed by atoms with E-state index in [4.69, 9.17) is 0 Å². The second-order valence-corrected chi connectivity index (χ2v) is 7.56. The molecule has 0 heterocycles. The van der Waals surface area contributed by atoms with Crippen LogP contribution in [0.25, 0.3) is 10.8 Å². The molecule has 0 saturated heterocycles. The van der Waals surface area contributed by atoms with Gasteiger partial charge in [0.2, 0.25) is 5.91 Å². The lowest BCUT2D eigenvalue weighted by Crippen LogP contribution is -2.19. The van der Waals surface area contributed by atoms with E-state index in [1.54, 1.807) is 12.1 Å². The summed E-state index contributed by atoms with van der Waals surface area (Å²) in [5.74, 6) is -2.31. The van der Waals surface area contributed by atoms with Crippen molar-refractivity contribution in [3.05, 3.63) is 107 Å². The largest absolute Gasteiger partial charge is 0.418 e. The molecule has 0 bridgehead atoms. The maximum Gasteiger partial charge on any atom is 0.418 e. The summed E-state index contributed by atoms with van der Waals surface area (Å²) in [6.45, 7) is 0. The highest BCUT2D eigenvalue weighted by Gasteiger charge is 2.34. The first-order chi connectivity index (χ1) is 16.2. The Kier molecular flexibility index (Phi) is 6.32. The summed E-state index contributed by atoms with van der Waals surface area (Å²) in [6, 6.07) is 20.9.